The van der Waals surface area contributed by atoms with Crippen molar-refractivity contribution in [3.63, 3.8) is 0 Å². The van der Waals surface area contributed by atoms with E-state index in [2.05, 4.69) is 0 Å². The lowest BCUT2D eigenvalue weighted by Crippen LogP contribution is -2.40. The third kappa shape index (κ3) is 3.07. The molecule has 0 spiro atoms. The molecule has 0 amide bonds. The van der Waals surface area contributed by atoms with Crippen LogP contribution in [0.5, 0.6) is 0 Å². The van der Waals surface area contributed by atoms with Crippen LogP contribution in [-0.2, 0) is 16.4 Å². The first-order valence-electron chi connectivity index (χ1n) is 5.70. The molecule has 1 fully saturated rings. The molecular formula is C12H16FNO3S. The van der Waals surface area contributed by atoms with E-state index >= 15 is 0 Å². The summed E-state index contributed by atoms with van der Waals surface area (Å²) in [7, 11) is -1.42. The lowest BCUT2D eigenvalue weighted by atomic mass is 10.1. The van der Waals surface area contributed by atoms with Gasteiger partial charge in [-0.25, -0.2) is 12.8 Å². The number of hydrogen-bond acceptors (Lipinski definition) is 4. The van der Waals surface area contributed by atoms with E-state index in [4.69, 9.17) is 0 Å². The third-order valence-electron chi connectivity index (χ3n) is 3.18. The number of benzene rings is 1. The molecular weight excluding hydrogens is 257 g/mol. The van der Waals surface area contributed by atoms with Crippen LogP contribution in [0.1, 0.15) is 5.56 Å². The topological polar surface area (TPSA) is 57.6 Å². The molecule has 4 nitrogen and oxygen atoms in total. The second kappa shape index (κ2) is 4.95. The summed E-state index contributed by atoms with van der Waals surface area (Å²) in [5, 5.41) is 9.73. The fraction of sp³-hybridized carbons (Fsp3) is 0.500. The summed E-state index contributed by atoms with van der Waals surface area (Å²) in [6.45, 7) is 0.412. The molecule has 1 N–H and O–H groups in total. The molecule has 2 atom stereocenters. The highest BCUT2D eigenvalue weighted by Crippen LogP contribution is 2.19. The summed E-state index contributed by atoms with van der Waals surface area (Å²) in [5.74, 6) is -0.550. The molecule has 0 saturated carbocycles. The van der Waals surface area contributed by atoms with Crippen LogP contribution < -0.4 is 0 Å². The highest BCUT2D eigenvalue weighted by atomic mass is 32.2. The minimum atomic E-state index is -3.16. The predicted octanol–water partition coefficient (Wildman–Crippen LogP) is 0.415. The highest BCUT2D eigenvalue weighted by Gasteiger charge is 2.38. The van der Waals surface area contributed by atoms with Crippen molar-refractivity contribution in [1.82, 2.24) is 4.90 Å². The predicted molar refractivity (Wildman–Crippen MR) is 66.3 cm³/mol. The van der Waals surface area contributed by atoms with Crippen LogP contribution in [0, 0.1) is 5.82 Å². The van der Waals surface area contributed by atoms with Crippen LogP contribution in [0.2, 0.25) is 0 Å². The zero-order valence-corrected chi connectivity index (χ0v) is 10.9. The smallest absolute Gasteiger partial charge is 0.154 e. The van der Waals surface area contributed by atoms with Crippen LogP contribution in [0.25, 0.3) is 0 Å². The first-order valence-corrected chi connectivity index (χ1v) is 7.53. The largest absolute Gasteiger partial charge is 0.390 e. The number of hydrogen-bond donors (Lipinski definition) is 1. The summed E-state index contributed by atoms with van der Waals surface area (Å²) in [6.07, 6.45) is -0.867. The van der Waals surface area contributed by atoms with Crippen molar-refractivity contribution in [1.29, 1.82) is 0 Å². The van der Waals surface area contributed by atoms with Crippen molar-refractivity contribution in [3.8, 4) is 0 Å². The molecule has 0 unspecified atom stereocenters. The number of halogens is 1. The Bertz CT molecular complexity index is 532. The van der Waals surface area contributed by atoms with Crippen LogP contribution in [-0.4, -0.2) is 49.1 Å². The first kappa shape index (κ1) is 13.5. The molecule has 0 aromatic heterocycles. The molecule has 0 bridgehead atoms. The fourth-order valence-electron chi connectivity index (χ4n) is 2.27. The number of aliphatic hydroxyl groups excluding tert-OH is 1. The minimum absolute atomic E-state index is 0.0417. The Morgan fingerprint density at radius 1 is 1.44 bits per heavy atom. The van der Waals surface area contributed by atoms with E-state index in [1.54, 1.807) is 24.1 Å². The van der Waals surface area contributed by atoms with Gasteiger partial charge >= 0.3 is 0 Å². The van der Waals surface area contributed by atoms with Gasteiger partial charge in [-0.05, 0) is 24.7 Å². The van der Waals surface area contributed by atoms with Gasteiger partial charge in [-0.3, -0.25) is 4.90 Å². The molecule has 6 heteroatoms. The molecule has 1 aromatic rings. The average molecular weight is 273 g/mol. The Labute approximate surface area is 106 Å². The molecule has 1 heterocycles. The van der Waals surface area contributed by atoms with Crippen molar-refractivity contribution >= 4 is 9.84 Å². The second-order valence-corrected chi connectivity index (χ2v) is 6.91. The van der Waals surface area contributed by atoms with Crippen LogP contribution in [0.4, 0.5) is 4.39 Å². The molecule has 18 heavy (non-hydrogen) atoms. The number of likely N-dealkylation sites (N-methyl/N-ethyl adjacent to an activating group) is 1. The van der Waals surface area contributed by atoms with Crippen LogP contribution >= 0.6 is 0 Å². The maximum Gasteiger partial charge on any atom is 0.154 e. The fourth-order valence-corrected chi connectivity index (χ4v) is 4.15. The Hall–Kier alpha value is -0.980. The van der Waals surface area contributed by atoms with E-state index in [1.165, 1.54) is 12.1 Å². The zero-order chi connectivity index (χ0) is 13.3. The van der Waals surface area contributed by atoms with Crippen molar-refractivity contribution in [2.45, 2.75) is 18.7 Å². The van der Waals surface area contributed by atoms with Gasteiger partial charge in [0.05, 0.1) is 23.7 Å². The number of sulfone groups is 1. The molecule has 0 radical (unpaired) electrons. The van der Waals surface area contributed by atoms with E-state index in [9.17, 15) is 17.9 Å². The number of aliphatic hydroxyl groups is 1. The molecule has 2 rings (SSSR count). The Kier molecular flexibility index (Phi) is 3.70. The van der Waals surface area contributed by atoms with Gasteiger partial charge in [0.25, 0.3) is 0 Å². The third-order valence-corrected chi connectivity index (χ3v) is 4.88. The Morgan fingerprint density at radius 3 is 2.72 bits per heavy atom. The molecule has 1 aromatic carbocycles. The van der Waals surface area contributed by atoms with Crippen LogP contribution in [0.15, 0.2) is 24.3 Å². The Balaban J connectivity index is 2.07. The normalized spacial score (nSPS) is 26.7. The molecule has 0 aliphatic carbocycles. The van der Waals surface area contributed by atoms with Gasteiger partial charge in [0.15, 0.2) is 9.84 Å². The molecule has 1 aliphatic heterocycles. The van der Waals surface area contributed by atoms with Gasteiger partial charge in [-0.15, -0.1) is 0 Å². The highest BCUT2D eigenvalue weighted by molar-refractivity contribution is 7.91. The lowest BCUT2D eigenvalue weighted by Gasteiger charge is -2.25. The summed E-state index contributed by atoms with van der Waals surface area (Å²) >= 11 is 0. The maximum atomic E-state index is 13.0. The minimum Gasteiger partial charge on any atom is -0.390 e. The number of rotatable bonds is 3. The zero-order valence-electron chi connectivity index (χ0n) is 10.1. The monoisotopic (exact) mass is 273 g/mol. The summed E-state index contributed by atoms with van der Waals surface area (Å²) in [4.78, 5) is 1.75. The van der Waals surface area contributed by atoms with Gasteiger partial charge in [0, 0.05) is 6.54 Å². The standard InChI is InChI=1S/C12H16FNO3S/c1-14(6-9-3-2-4-10(13)5-9)11-7-18(16,17)8-12(11)15/h2-5,11-12,15H,6-8H2,1H3/t11-,12+/m0/s1. The second-order valence-electron chi connectivity index (χ2n) is 4.76. The first-order chi connectivity index (χ1) is 8.37. The van der Waals surface area contributed by atoms with E-state index in [1.807, 2.05) is 0 Å². The van der Waals surface area contributed by atoms with Gasteiger partial charge in [-0.2, -0.15) is 0 Å². The lowest BCUT2D eigenvalue weighted by molar-refractivity contribution is 0.0957. The Morgan fingerprint density at radius 2 is 2.17 bits per heavy atom. The van der Waals surface area contributed by atoms with E-state index in [0.717, 1.165) is 5.56 Å². The number of nitrogens with zero attached hydrogens (tertiary/aromatic N) is 1. The van der Waals surface area contributed by atoms with Crippen LogP contribution in [0.3, 0.4) is 0 Å². The van der Waals surface area contributed by atoms with Gasteiger partial charge in [0.1, 0.15) is 5.82 Å². The van der Waals surface area contributed by atoms with Crippen molar-refractivity contribution < 1.29 is 17.9 Å². The van der Waals surface area contributed by atoms with Crippen molar-refractivity contribution in [3.05, 3.63) is 35.6 Å². The molecule has 100 valence electrons. The van der Waals surface area contributed by atoms with Crippen molar-refractivity contribution in [2.75, 3.05) is 18.6 Å². The molecule has 1 saturated heterocycles. The van der Waals surface area contributed by atoms with Gasteiger partial charge in [0.2, 0.25) is 0 Å². The summed E-state index contributed by atoms with van der Waals surface area (Å²) in [6, 6.07) is 5.73. The van der Waals surface area contributed by atoms with Gasteiger partial charge < -0.3 is 5.11 Å². The van der Waals surface area contributed by atoms with E-state index in [-0.39, 0.29) is 17.3 Å². The maximum absolute atomic E-state index is 13.0. The van der Waals surface area contributed by atoms with Gasteiger partial charge in [-0.1, -0.05) is 12.1 Å². The van der Waals surface area contributed by atoms with E-state index < -0.39 is 22.0 Å². The average Bonchev–Trinajstić information content (AvgIpc) is 2.52. The van der Waals surface area contributed by atoms with E-state index in [0.29, 0.717) is 6.54 Å². The SMILES string of the molecule is CN(Cc1cccc(F)c1)[C@H]1CS(=O)(=O)C[C@H]1O. The summed E-state index contributed by atoms with van der Waals surface area (Å²) < 4.78 is 35.9. The quantitative estimate of drug-likeness (QED) is 0.867. The van der Waals surface area contributed by atoms with Crippen molar-refractivity contribution in [2.24, 2.45) is 0 Å². The molecule has 1 aliphatic rings. The summed E-state index contributed by atoms with van der Waals surface area (Å²) in [5.41, 5.74) is 0.758.